The van der Waals surface area contributed by atoms with Gasteiger partial charge in [0.05, 0.1) is 13.0 Å². The number of nitrogens with zero attached hydrogens (tertiary/aromatic N) is 1. The number of piperidine rings is 1. The lowest BCUT2D eigenvalue weighted by molar-refractivity contribution is -0.137. The van der Waals surface area contributed by atoms with E-state index < -0.39 is 11.8 Å². The highest BCUT2D eigenvalue weighted by atomic mass is 19.1. The number of halogens is 1. The van der Waals surface area contributed by atoms with Crippen LogP contribution >= 0.6 is 0 Å². The quantitative estimate of drug-likeness (QED) is 0.716. The summed E-state index contributed by atoms with van der Waals surface area (Å²) in [5.74, 6) is -0.684. The zero-order valence-electron chi connectivity index (χ0n) is 16.5. The highest BCUT2D eigenvalue weighted by Crippen LogP contribution is 2.48. The van der Waals surface area contributed by atoms with Crippen LogP contribution in [0.25, 0.3) is 0 Å². The Morgan fingerprint density at radius 2 is 2.14 bits per heavy atom. The first kappa shape index (κ1) is 20.4. The van der Waals surface area contributed by atoms with Crippen molar-refractivity contribution in [1.82, 2.24) is 4.90 Å². The van der Waals surface area contributed by atoms with Gasteiger partial charge in [0, 0.05) is 17.5 Å². The number of carboxylic acid groups (broad SMARTS) is 1. The number of ether oxygens (including phenoxy) is 2. The van der Waals surface area contributed by atoms with Crippen LogP contribution in [-0.2, 0) is 10.2 Å². The van der Waals surface area contributed by atoms with E-state index in [0.717, 1.165) is 37.1 Å². The number of hydrogen-bond donors (Lipinski definition) is 1. The van der Waals surface area contributed by atoms with E-state index in [-0.39, 0.29) is 17.6 Å². The van der Waals surface area contributed by atoms with Gasteiger partial charge in [-0.05, 0) is 51.4 Å². The molecule has 28 heavy (non-hydrogen) atoms. The highest BCUT2D eigenvalue weighted by molar-refractivity contribution is 5.66. The van der Waals surface area contributed by atoms with E-state index in [0.29, 0.717) is 25.5 Å². The molecule has 0 radical (unpaired) electrons. The fraction of sp³-hybridized carbons (Fsp3) is 0.500. The van der Waals surface area contributed by atoms with Gasteiger partial charge in [-0.1, -0.05) is 24.3 Å². The number of aliphatic carboxylic acids is 1. The topological polar surface area (TPSA) is 59.0 Å². The predicted molar refractivity (Wildman–Crippen MR) is 106 cm³/mol. The number of hydrogen-bond acceptors (Lipinski definition) is 4. The average molecular weight is 389 g/mol. The Balaban J connectivity index is 1.67. The highest BCUT2D eigenvalue weighted by Gasteiger charge is 2.44. The van der Waals surface area contributed by atoms with Crippen LogP contribution in [0.3, 0.4) is 0 Å². The fourth-order valence-corrected chi connectivity index (χ4v) is 3.87. The molecule has 0 saturated carbocycles. The summed E-state index contributed by atoms with van der Waals surface area (Å²) in [4.78, 5) is 12.9. The maximum Gasteiger partial charge on any atom is 0.304 e. The van der Waals surface area contributed by atoms with Crippen molar-refractivity contribution in [1.29, 1.82) is 0 Å². The smallest absolute Gasteiger partial charge is 0.304 e. The van der Waals surface area contributed by atoms with Crippen molar-refractivity contribution >= 4 is 5.97 Å². The van der Waals surface area contributed by atoms with Crippen LogP contribution in [0.1, 0.15) is 38.7 Å². The van der Waals surface area contributed by atoms with E-state index in [1.165, 1.54) is 0 Å². The van der Waals surface area contributed by atoms with E-state index in [1.54, 1.807) is 6.07 Å². The SMILES string of the molecule is C/C=C\C=C(/C)COc1ccc2c(c1F)OCC21CCN(CCC(=O)O)CC1. The first-order valence-electron chi connectivity index (χ1n) is 9.76. The molecule has 0 aromatic heterocycles. The molecule has 0 aliphatic carbocycles. The van der Waals surface area contributed by atoms with Crippen molar-refractivity contribution in [2.75, 3.05) is 32.8 Å². The van der Waals surface area contributed by atoms with E-state index in [9.17, 15) is 9.18 Å². The average Bonchev–Trinajstić information content (AvgIpc) is 3.04. The summed E-state index contributed by atoms with van der Waals surface area (Å²) in [5.41, 5.74) is 1.73. The number of carboxylic acids is 1. The molecule has 1 fully saturated rings. The van der Waals surface area contributed by atoms with Gasteiger partial charge >= 0.3 is 5.97 Å². The van der Waals surface area contributed by atoms with Crippen LogP contribution in [-0.4, -0.2) is 48.8 Å². The standard InChI is InChI=1S/C22H28FNO4/c1-3-4-5-16(2)14-27-18-7-6-17-21(20(18)23)28-15-22(17)9-12-24(13-10-22)11-8-19(25)26/h3-7H,8-15H2,1-2H3,(H,25,26)/b4-3-,16-5+. The second kappa shape index (κ2) is 8.78. The van der Waals surface area contributed by atoms with Gasteiger partial charge in [-0.3, -0.25) is 4.79 Å². The first-order chi connectivity index (χ1) is 13.4. The summed E-state index contributed by atoms with van der Waals surface area (Å²) >= 11 is 0. The van der Waals surface area contributed by atoms with Crippen LogP contribution in [0.5, 0.6) is 11.5 Å². The first-order valence-corrected chi connectivity index (χ1v) is 9.76. The molecule has 1 aromatic rings. The second-order valence-electron chi connectivity index (χ2n) is 7.64. The Bertz CT molecular complexity index is 779. The third kappa shape index (κ3) is 4.38. The van der Waals surface area contributed by atoms with Gasteiger partial charge in [0.2, 0.25) is 5.82 Å². The van der Waals surface area contributed by atoms with Crippen LogP contribution < -0.4 is 9.47 Å². The monoisotopic (exact) mass is 389 g/mol. The number of benzene rings is 1. The summed E-state index contributed by atoms with van der Waals surface area (Å²) in [6, 6.07) is 3.63. The van der Waals surface area contributed by atoms with Gasteiger partial charge in [-0.15, -0.1) is 0 Å². The normalized spacial score (nSPS) is 19.0. The summed E-state index contributed by atoms with van der Waals surface area (Å²) in [6.07, 6.45) is 7.62. The zero-order valence-corrected chi connectivity index (χ0v) is 16.5. The van der Waals surface area contributed by atoms with Crippen molar-refractivity contribution in [2.24, 2.45) is 0 Å². The maximum atomic E-state index is 14.9. The molecule has 0 amide bonds. The van der Waals surface area contributed by atoms with Crippen LogP contribution in [0.15, 0.2) is 35.9 Å². The molecule has 152 valence electrons. The van der Waals surface area contributed by atoms with Gasteiger partial charge in [0.15, 0.2) is 11.5 Å². The number of likely N-dealkylation sites (tertiary alicyclic amines) is 1. The van der Waals surface area contributed by atoms with Crippen molar-refractivity contribution in [3.63, 3.8) is 0 Å². The van der Waals surface area contributed by atoms with Gasteiger partial charge in [-0.25, -0.2) is 0 Å². The molecule has 2 heterocycles. The lowest BCUT2D eigenvalue weighted by Crippen LogP contribution is -2.44. The largest absolute Gasteiger partial charge is 0.489 e. The summed E-state index contributed by atoms with van der Waals surface area (Å²) < 4.78 is 26.4. The minimum absolute atomic E-state index is 0.150. The molecule has 6 heteroatoms. The van der Waals surface area contributed by atoms with Gasteiger partial charge in [0.25, 0.3) is 0 Å². The molecule has 0 bridgehead atoms. The van der Waals surface area contributed by atoms with E-state index >= 15 is 0 Å². The minimum Gasteiger partial charge on any atom is -0.489 e. The summed E-state index contributed by atoms with van der Waals surface area (Å²) in [6.45, 7) is 6.82. The molecule has 1 N–H and O–H groups in total. The van der Waals surface area contributed by atoms with E-state index in [2.05, 4.69) is 4.90 Å². The predicted octanol–water partition coefficient (Wildman–Crippen LogP) is 3.93. The molecule has 3 rings (SSSR count). The molecule has 2 aliphatic rings. The summed E-state index contributed by atoms with van der Waals surface area (Å²) in [7, 11) is 0. The van der Waals surface area contributed by atoms with Crippen LogP contribution in [0.4, 0.5) is 4.39 Å². The van der Waals surface area contributed by atoms with E-state index in [1.807, 2.05) is 38.1 Å². The maximum absolute atomic E-state index is 14.9. The molecular formula is C22H28FNO4. The lowest BCUT2D eigenvalue weighted by atomic mass is 9.74. The molecule has 2 aliphatic heterocycles. The van der Waals surface area contributed by atoms with Crippen molar-refractivity contribution in [2.45, 2.75) is 38.5 Å². The van der Waals surface area contributed by atoms with Crippen molar-refractivity contribution in [3.05, 3.63) is 47.3 Å². The molecule has 1 aromatic carbocycles. The summed E-state index contributed by atoms with van der Waals surface area (Å²) in [5, 5.41) is 8.85. The van der Waals surface area contributed by atoms with Gasteiger partial charge in [0.1, 0.15) is 6.61 Å². The number of rotatable bonds is 7. The Morgan fingerprint density at radius 1 is 1.39 bits per heavy atom. The Kier molecular flexibility index (Phi) is 6.39. The molecule has 1 spiro atoms. The number of allylic oxidation sites excluding steroid dienone is 3. The second-order valence-corrected chi connectivity index (χ2v) is 7.64. The minimum atomic E-state index is -0.778. The van der Waals surface area contributed by atoms with Gasteiger partial charge in [-0.2, -0.15) is 4.39 Å². The third-order valence-electron chi connectivity index (χ3n) is 5.61. The number of carbonyl (C=O) groups is 1. The Labute approximate surface area is 165 Å². The van der Waals surface area contributed by atoms with E-state index in [4.69, 9.17) is 14.6 Å². The lowest BCUT2D eigenvalue weighted by Gasteiger charge is -2.38. The molecule has 1 saturated heterocycles. The molecule has 5 nitrogen and oxygen atoms in total. The van der Waals surface area contributed by atoms with Crippen molar-refractivity contribution < 1.29 is 23.8 Å². The Hall–Kier alpha value is -2.34. The molecular weight excluding hydrogens is 361 g/mol. The Morgan fingerprint density at radius 3 is 2.82 bits per heavy atom. The van der Waals surface area contributed by atoms with Crippen LogP contribution in [0, 0.1) is 5.82 Å². The van der Waals surface area contributed by atoms with Crippen molar-refractivity contribution in [3.8, 4) is 11.5 Å². The fourth-order valence-electron chi connectivity index (χ4n) is 3.87. The van der Waals surface area contributed by atoms with Gasteiger partial charge < -0.3 is 19.5 Å². The third-order valence-corrected chi connectivity index (χ3v) is 5.61. The number of fused-ring (bicyclic) bond motifs is 2. The zero-order chi connectivity index (χ0) is 20.1. The van der Waals surface area contributed by atoms with Crippen LogP contribution in [0.2, 0.25) is 0 Å². The molecule has 0 atom stereocenters. The molecule has 0 unspecified atom stereocenters.